The van der Waals surface area contributed by atoms with Crippen LogP contribution in [0.3, 0.4) is 0 Å². The first-order valence-electron chi connectivity index (χ1n) is 8.81. The molecule has 0 aliphatic heterocycles. The minimum absolute atomic E-state index is 0.0820. The molecule has 8 heteroatoms. The number of aromatic nitrogens is 2. The van der Waals surface area contributed by atoms with E-state index >= 15 is 0 Å². The minimum atomic E-state index is -0.426. The van der Waals surface area contributed by atoms with Crippen LogP contribution >= 0.6 is 0 Å². The second-order valence-corrected chi connectivity index (χ2v) is 6.28. The zero-order valence-corrected chi connectivity index (χ0v) is 15.9. The molecule has 0 radical (unpaired) electrons. The predicted octanol–water partition coefficient (Wildman–Crippen LogP) is 3.63. The Balaban J connectivity index is 1.63. The molecule has 146 valence electrons. The molecule has 29 heavy (non-hydrogen) atoms. The largest absolute Gasteiger partial charge is 0.339 e. The molecular weight excluding hydrogens is 370 g/mol. The van der Waals surface area contributed by atoms with E-state index in [1.54, 1.807) is 60.7 Å². The molecule has 1 heterocycles. The monoisotopic (exact) mass is 389 g/mol. The molecule has 0 aliphatic carbocycles. The van der Waals surface area contributed by atoms with Crippen LogP contribution in [0.25, 0.3) is 0 Å². The van der Waals surface area contributed by atoms with Crippen LogP contribution in [0.1, 0.15) is 34.7 Å². The summed E-state index contributed by atoms with van der Waals surface area (Å²) in [7, 11) is 0. The molecule has 2 amide bonds. The van der Waals surface area contributed by atoms with Gasteiger partial charge in [0, 0.05) is 29.5 Å². The van der Waals surface area contributed by atoms with Gasteiger partial charge in [0.25, 0.3) is 5.91 Å². The summed E-state index contributed by atoms with van der Waals surface area (Å²) in [6, 6.07) is 16.9. The number of Topliss-reactive ketones (excluding diaryl/α,β-unsaturated/α-hetero) is 1. The third-order valence-corrected chi connectivity index (χ3v) is 3.90. The fourth-order valence-electron chi connectivity index (χ4n) is 2.52. The second kappa shape index (κ2) is 8.75. The number of anilines is 4. The molecule has 0 fully saturated rings. The van der Waals surface area contributed by atoms with Crippen LogP contribution in [0.15, 0.2) is 60.7 Å². The molecule has 3 N–H and O–H groups in total. The van der Waals surface area contributed by atoms with E-state index < -0.39 is 5.91 Å². The van der Waals surface area contributed by atoms with E-state index in [0.29, 0.717) is 22.8 Å². The molecule has 3 aromatic rings. The van der Waals surface area contributed by atoms with Crippen LogP contribution in [-0.2, 0) is 4.79 Å². The number of hydrogen-bond donors (Lipinski definition) is 3. The Kier molecular flexibility index (Phi) is 5.94. The summed E-state index contributed by atoms with van der Waals surface area (Å²) in [5, 5.41) is 16.4. The highest BCUT2D eigenvalue weighted by Crippen LogP contribution is 2.18. The van der Waals surface area contributed by atoms with Crippen molar-refractivity contribution < 1.29 is 14.4 Å². The number of hydrogen-bond acceptors (Lipinski definition) is 6. The van der Waals surface area contributed by atoms with Gasteiger partial charge in [-0.2, -0.15) is 0 Å². The average Bonchev–Trinajstić information content (AvgIpc) is 2.70. The van der Waals surface area contributed by atoms with Gasteiger partial charge in [-0.25, -0.2) is 0 Å². The lowest BCUT2D eigenvalue weighted by Crippen LogP contribution is -2.15. The van der Waals surface area contributed by atoms with E-state index in [0.717, 1.165) is 5.69 Å². The first-order valence-corrected chi connectivity index (χ1v) is 8.81. The number of nitrogens with zero attached hydrogens (tertiary/aromatic N) is 2. The third kappa shape index (κ3) is 5.46. The van der Waals surface area contributed by atoms with E-state index in [4.69, 9.17) is 0 Å². The summed E-state index contributed by atoms with van der Waals surface area (Å²) >= 11 is 0. The van der Waals surface area contributed by atoms with Crippen molar-refractivity contribution in [1.82, 2.24) is 10.2 Å². The van der Waals surface area contributed by atoms with Gasteiger partial charge in [0.05, 0.1) is 0 Å². The third-order valence-electron chi connectivity index (χ3n) is 3.90. The zero-order chi connectivity index (χ0) is 20.8. The highest BCUT2D eigenvalue weighted by molar-refractivity contribution is 6.03. The number of rotatable bonds is 6. The van der Waals surface area contributed by atoms with Crippen LogP contribution in [-0.4, -0.2) is 27.8 Å². The van der Waals surface area contributed by atoms with Gasteiger partial charge in [0.1, 0.15) is 0 Å². The van der Waals surface area contributed by atoms with Gasteiger partial charge in [-0.15, -0.1) is 10.2 Å². The van der Waals surface area contributed by atoms with E-state index in [9.17, 15) is 14.4 Å². The molecule has 2 aromatic carbocycles. The van der Waals surface area contributed by atoms with Crippen molar-refractivity contribution in [3.63, 3.8) is 0 Å². The van der Waals surface area contributed by atoms with Crippen molar-refractivity contribution in [2.45, 2.75) is 13.8 Å². The lowest BCUT2D eigenvalue weighted by molar-refractivity contribution is -0.114. The summed E-state index contributed by atoms with van der Waals surface area (Å²) in [4.78, 5) is 34.8. The van der Waals surface area contributed by atoms with Crippen molar-refractivity contribution in [2.75, 3.05) is 16.0 Å². The van der Waals surface area contributed by atoms with Gasteiger partial charge in [-0.05, 0) is 55.5 Å². The second-order valence-electron chi connectivity index (χ2n) is 6.28. The number of carbonyl (C=O) groups excluding carboxylic acids is 3. The maximum absolute atomic E-state index is 12.3. The van der Waals surface area contributed by atoms with Crippen LogP contribution in [0.5, 0.6) is 0 Å². The number of nitrogens with one attached hydrogen (secondary N) is 3. The lowest BCUT2D eigenvalue weighted by atomic mass is 10.1. The molecule has 3 rings (SSSR count). The Hall–Kier alpha value is -4.07. The number of carbonyl (C=O) groups is 3. The Bertz CT molecular complexity index is 1050. The molecule has 0 saturated carbocycles. The molecule has 0 saturated heterocycles. The van der Waals surface area contributed by atoms with Crippen LogP contribution < -0.4 is 16.0 Å². The summed E-state index contributed by atoms with van der Waals surface area (Å²) in [6.45, 7) is 2.91. The van der Waals surface area contributed by atoms with Crippen molar-refractivity contribution in [3.8, 4) is 0 Å². The Morgan fingerprint density at radius 1 is 0.759 bits per heavy atom. The van der Waals surface area contributed by atoms with Crippen LogP contribution in [0, 0.1) is 0 Å². The van der Waals surface area contributed by atoms with Gasteiger partial charge in [-0.1, -0.05) is 12.1 Å². The van der Waals surface area contributed by atoms with Gasteiger partial charge in [0.2, 0.25) is 5.91 Å². The van der Waals surface area contributed by atoms with E-state index in [1.165, 1.54) is 13.8 Å². The maximum atomic E-state index is 12.3. The smallest absolute Gasteiger partial charge is 0.276 e. The van der Waals surface area contributed by atoms with Crippen LogP contribution in [0.2, 0.25) is 0 Å². The number of amides is 2. The molecule has 0 atom stereocenters. The Morgan fingerprint density at radius 3 is 2.10 bits per heavy atom. The molecule has 0 bridgehead atoms. The van der Waals surface area contributed by atoms with Gasteiger partial charge in [-0.3, -0.25) is 14.4 Å². The summed E-state index contributed by atoms with van der Waals surface area (Å²) in [5.74, 6) is -0.184. The standard InChI is InChI=1S/C21H19N5O3/c1-13(27)15-4-3-5-18(12-15)24-21(29)19-10-11-20(26-25-19)23-17-8-6-16(7-9-17)22-14(2)28/h3-12H,1-2H3,(H,22,28)(H,23,26)(H,24,29). The van der Waals surface area contributed by atoms with E-state index in [-0.39, 0.29) is 17.4 Å². The van der Waals surface area contributed by atoms with Crippen LogP contribution in [0.4, 0.5) is 22.9 Å². The van der Waals surface area contributed by atoms with E-state index in [2.05, 4.69) is 26.1 Å². The number of benzene rings is 2. The first-order chi connectivity index (χ1) is 13.9. The predicted molar refractivity (Wildman–Crippen MR) is 110 cm³/mol. The molecule has 0 aliphatic rings. The van der Waals surface area contributed by atoms with Crippen molar-refractivity contribution in [3.05, 3.63) is 71.9 Å². The number of ketones is 1. The molecule has 8 nitrogen and oxygen atoms in total. The topological polar surface area (TPSA) is 113 Å². The van der Waals surface area contributed by atoms with Gasteiger partial charge < -0.3 is 16.0 Å². The highest BCUT2D eigenvalue weighted by Gasteiger charge is 2.10. The Morgan fingerprint density at radius 2 is 1.48 bits per heavy atom. The van der Waals surface area contributed by atoms with Gasteiger partial charge in [0.15, 0.2) is 17.3 Å². The molecule has 0 unspecified atom stereocenters. The maximum Gasteiger partial charge on any atom is 0.276 e. The van der Waals surface area contributed by atoms with Crippen molar-refractivity contribution in [2.24, 2.45) is 0 Å². The van der Waals surface area contributed by atoms with Gasteiger partial charge >= 0.3 is 0 Å². The van der Waals surface area contributed by atoms with Crippen molar-refractivity contribution in [1.29, 1.82) is 0 Å². The minimum Gasteiger partial charge on any atom is -0.339 e. The average molecular weight is 389 g/mol. The first kappa shape index (κ1) is 19.7. The normalized spacial score (nSPS) is 10.1. The lowest BCUT2D eigenvalue weighted by Gasteiger charge is -2.08. The summed E-state index contributed by atoms with van der Waals surface area (Å²) < 4.78 is 0. The summed E-state index contributed by atoms with van der Waals surface area (Å²) in [6.07, 6.45) is 0. The quantitative estimate of drug-likeness (QED) is 0.555. The van der Waals surface area contributed by atoms with E-state index in [1.807, 2.05) is 0 Å². The Labute approximate surface area is 167 Å². The fourth-order valence-corrected chi connectivity index (χ4v) is 2.52. The highest BCUT2D eigenvalue weighted by atomic mass is 16.2. The zero-order valence-electron chi connectivity index (χ0n) is 15.9. The SMILES string of the molecule is CC(=O)Nc1ccc(Nc2ccc(C(=O)Nc3cccc(C(C)=O)c3)nn2)cc1. The fraction of sp³-hybridized carbons (Fsp3) is 0.0952. The molecular formula is C21H19N5O3. The van der Waals surface area contributed by atoms with Crippen molar-refractivity contribution >= 4 is 40.5 Å². The molecule has 1 aromatic heterocycles. The molecule has 0 spiro atoms. The summed E-state index contributed by atoms with van der Waals surface area (Å²) in [5.41, 5.74) is 2.61.